The molecule has 4 N–H and O–H groups in total. The number of unbranched alkanes of at least 4 members (excludes halogenated alkanes) is 1. The van der Waals surface area contributed by atoms with Gasteiger partial charge in [0.15, 0.2) is 0 Å². The second-order valence-corrected chi connectivity index (χ2v) is 8.65. The highest BCUT2D eigenvalue weighted by atomic mass is 16.5. The molecule has 0 aliphatic carbocycles. The average molecular weight is 510 g/mol. The number of nitrogens with two attached hydrogens (primary N) is 1. The van der Waals surface area contributed by atoms with Crippen molar-refractivity contribution in [3.8, 4) is 11.5 Å². The van der Waals surface area contributed by atoms with Gasteiger partial charge in [0.25, 0.3) is 0 Å². The Morgan fingerprint density at radius 3 is 2.43 bits per heavy atom. The molecule has 0 aliphatic rings. The van der Waals surface area contributed by atoms with Crippen LogP contribution in [-0.2, 0) is 17.8 Å². The minimum absolute atomic E-state index is 0.289. The fourth-order valence-corrected chi connectivity index (χ4v) is 3.69. The van der Waals surface area contributed by atoms with Gasteiger partial charge in [-0.25, -0.2) is 4.98 Å². The molecule has 0 fully saturated rings. The lowest BCUT2D eigenvalue weighted by atomic mass is 10.0. The number of ether oxygens (including phenoxy) is 3. The number of aryl methyl sites for hydroxylation is 1. The van der Waals surface area contributed by atoms with Crippen molar-refractivity contribution in [1.82, 2.24) is 15.3 Å². The van der Waals surface area contributed by atoms with E-state index in [-0.39, 0.29) is 5.95 Å². The lowest BCUT2D eigenvalue weighted by molar-refractivity contribution is 0.185. The number of aromatic nitrogens is 2. The van der Waals surface area contributed by atoms with E-state index in [0.717, 1.165) is 66.5 Å². The highest BCUT2D eigenvalue weighted by Crippen LogP contribution is 2.30. The summed E-state index contributed by atoms with van der Waals surface area (Å²) in [5.74, 6) is 2.69. The van der Waals surface area contributed by atoms with Crippen molar-refractivity contribution >= 4 is 11.8 Å². The second-order valence-electron chi connectivity index (χ2n) is 8.65. The summed E-state index contributed by atoms with van der Waals surface area (Å²) in [5.41, 5.74) is 10.0. The maximum atomic E-state index is 5.86. The van der Waals surface area contributed by atoms with E-state index in [2.05, 4.69) is 27.5 Å². The molecule has 3 rings (SSSR count). The number of hydrogen-bond donors (Lipinski definition) is 3. The van der Waals surface area contributed by atoms with E-state index >= 15 is 0 Å². The first-order chi connectivity index (χ1) is 18.0. The Bertz CT molecular complexity index is 1050. The number of hydrogen-bond acceptors (Lipinski definition) is 8. The largest absolute Gasteiger partial charge is 0.496 e. The van der Waals surface area contributed by atoms with Crippen LogP contribution in [0.2, 0.25) is 0 Å². The zero-order chi connectivity index (χ0) is 26.9. The monoisotopic (exact) mass is 509 g/mol. The van der Waals surface area contributed by atoms with E-state index in [0.29, 0.717) is 19.6 Å². The maximum Gasteiger partial charge on any atom is 0.222 e. The van der Waals surface area contributed by atoms with Gasteiger partial charge in [-0.2, -0.15) is 4.98 Å². The molecule has 1 heterocycles. The van der Waals surface area contributed by atoms with Crippen molar-refractivity contribution in [3.63, 3.8) is 0 Å². The van der Waals surface area contributed by atoms with Gasteiger partial charge < -0.3 is 30.6 Å². The van der Waals surface area contributed by atoms with Crippen LogP contribution in [0.4, 0.5) is 11.8 Å². The molecule has 8 heteroatoms. The zero-order valence-electron chi connectivity index (χ0n) is 23.0. The Hall–Kier alpha value is -3.36. The molecule has 0 amide bonds. The summed E-state index contributed by atoms with van der Waals surface area (Å²) < 4.78 is 16.3. The summed E-state index contributed by atoms with van der Waals surface area (Å²) in [4.78, 5) is 8.76. The van der Waals surface area contributed by atoms with E-state index in [1.165, 1.54) is 5.56 Å². The molecule has 37 heavy (non-hydrogen) atoms. The molecular weight excluding hydrogens is 466 g/mol. The second kappa shape index (κ2) is 17.2. The molecule has 0 radical (unpaired) electrons. The van der Waals surface area contributed by atoms with Crippen LogP contribution in [0.15, 0.2) is 48.5 Å². The van der Waals surface area contributed by atoms with Crippen molar-refractivity contribution < 1.29 is 14.2 Å². The van der Waals surface area contributed by atoms with Crippen LogP contribution in [-0.4, -0.2) is 50.9 Å². The third-order valence-electron chi connectivity index (χ3n) is 5.67. The fraction of sp³-hybridized carbons (Fsp3) is 0.448. The van der Waals surface area contributed by atoms with E-state index in [9.17, 15) is 0 Å². The van der Waals surface area contributed by atoms with E-state index in [4.69, 9.17) is 19.9 Å². The standard InChI is InChI=1S/C21H33N5O2.C8H10O/c1-5-6-11-24-20-18(15(2)25-21(22)26-20)13-16-8-9-17(14-19(16)27-4)28-12-7-10-23-3;1-9-7-8-5-3-2-4-6-8/h8-9,14,23H,5-7,10-13H2,1-4H3,(H3,22,24,25,26);2-6H,7H2,1H3. The average Bonchev–Trinajstić information content (AvgIpc) is 2.90. The summed E-state index contributed by atoms with van der Waals surface area (Å²) in [6, 6.07) is 16.1. The molecule has 0 unspecified atom stereocenters. The highest BCUT2D eigenvalue weighted by Gasteiger charge is 2.14. The molecule has 0 aliphatic heterocycles. The first kappa shape index (κ1) is 29.9. The molecule has 3 aromatic rings. The third-order valence-corrected chi connectivity index (χ3v) is 5.67. The predicted octanol–water partition coefficient (Wildman–Crippen LogP) is 5.00. The Morgan fingerprint density at radius 2 is 1.76 bits per heavy atom. The van der Waals surface area contributed by atoms with Gasteiger partial charge in [-0.05, 0) is 50.6 Å². The summed E-state index contributed by atoms with van der Waals surface area (Å²) >= 11 is 0. The van der Waals surface area contributed by atoms with Gasteiger partial charge in [0.05, 0.1) is 20.3 Å². The SMILES string of the molecule is CCCCNc1nc(N)nc(C)c1Cc1ccc(OCCCNC)cc1OC.COCc1ccccc1. The zero-order valence-corrected chi connectivity index (χ0v) is 23.0. The van der Waals surface area contributed by atoms with Gasteiger partial charge in [-0.3, -0.25) is 0 Å². The Morgan fingerprint density at radius 1 is 0.973 bits per heavy atom. The topological polar surface area (TPSA) is 104 Å². The van der Waals surface area contributed by atoms with Crippen LogP contribution < -0.4 is 25.8 Å². The molecule has 1 aromatic heterocycles. The number of benzene rings is 2. The van der Waals surface area contributed by atoms with Gasteiger partial charge in [0.2, 0.25) is 5.95 Å². The van der Waals surface area contributed by atoms with Crippen LogP contribution in [0.5, 0.6) is 11.5 Å². The maximum absolute atomic E-state index is 5.86. The van der Waals surface area contributed by atoms with E-state index in [1.54, 1.807) is 14.2 Å². The Balaban J connectivity index is 0.000000449. The number of rotatable bonds is 14. The molecule has 0 bridgehead atoms. The number of nitrogens with zero attached hydrogens (tertiary/aromatic N) is 2. The third kappa shape index (κ3) is 10.7. The van der Waals surface area contributed by atoms with Gasteiger partial charge in [-0.1, -0.05) is 49.7 Å². The van der Waals surface area contributed by atoms with Crippen molar-refractivity contribution in [3.05, 3.63) is 70.9 Å². The summed E-state index contributed by atoms with van der Waals surface area (Å²) in [6.45, 7) is 7.29. The molecule has 8 nitrogen and oxygen atoms in total. The Kier molecular flexibility index (Phi) is 13.9. The molecule has 0 saturated heterocycles. The van der Waals surface area contributed by atoms with Crippen LogP contribution in [0, 0.1) is 6.92 Å². The summed E-state index contributed by atoms with van der Waals surface area (Å²) in [6.07, 6.45) is 3.80. The van der Waals surface area contributed by atoms with Crippen molar-refractivity contribution in [1.29, 1.82) is 0 Å². The molecule has 0 spiro atoms. The van der Waals surface area contributed by atoms with Crippen LogP contribution in [0.3, 0.4) is 0 Å². The van der Waals surface area contributed by atoms with Gasteiger partial charge in [-0.15, -0.1) is 0 Å². The normalized spacial score (nSPS) is 10.4. The van der Waals surface area contributed by atoms with E-state index < -0.39 is 0 Å². The first-order valence-electron chi connectivity index (χ1n) is 12.9. The number of methoxy groups -OCH3 is 2. The molecule has 2 aromatic carbocycles. The van der Waals surface area contributed by atoms with Crippen molar-refractivity contribution in [2.75, 3.05) is 52.0 Å². The van der Waals surface area contributed by atoms with Gasteiger partial charge in [0.1, 0.15) is 17.3 Å². The fourth-order valence-electron chi connectivity index (χ4n) is 3.69. The summed E-state index contributed by atoms with van der Waals surface area (Å²) in [7, 11) is 5.31. The summed E-state index contributed by atoms with van der Waals surface area (Å²) in [5, 5.41) is 6.52. The van der Waals surface area contributed by atoms with Crippen LogP contribution in [0.25, 0.3) is 0 Å². The first-order valence-corrected chi connectivity index (χ1v) is 12.9. The number of nitrogen functional groups attached to an aromatic ring is 1. The van der Waals surface area contributed by atoms with Crippen LogP contribution in [0.1, 0.15) is 48.6 Å². The number of anilines is 2. The Labute approximate surface area is 222 Å². The predicted molar refractivity (Wildman–Crippen MR) is 152 cm³/mol. The minimum Gasteiger partial charge on any atom is -0.496 e. The van der Waals surface area contributed by atoms with Crippen LogP contribution >= 0.6 is 0 Å². The number of nitrogens with one attached hydrogen (secondary N) is 2. The molecule has 202 valence electrons. The molecule has 0 atom stereocenters. The van der Waals surface area contributed by atoms with Crippen molar-refractivity contribution in [2.45, 2.75) is 46.1 Å². The lowest BCUT2D eigenvalue weighted by Gasteiger charge is -2.16. The quantitative estimate of drug-likeness (QED) is 0.261. The molecule has 0 saturated carbocycles. The van der Waals surface area contributed by atoms with Gasteiger partial charge in [0, 0.05) is 37.4 Å². The minimum atomic E-state index is 0.289. The van der Waals surface area contributed by atoms with Gasteiger partial charge >= 0.3 is 0 Å². The lowest BCUT2D eigenvalue weighted by Crippen LogP contribution is -2.12. The van der Waals surface area contributed by atoms with E-state index in [1.807, 2.05) is 62.5 Å². The highest BCUT2D eigenvalue weighted by molar-refractivity contribution is 5.53. The molecular formula is C29H43N5O3. The smallest absolute Gasteiger partial charge is 0.222 e. The van der Waals surface area contributed by atoms with Crippen molar-refractivity contribution in [2.24, 2.45) is 0 Å².